The van der Waals surface area contributed by atoms with Gasteiger partial charge in [-0.2, -0.15) is 0 Å². The van der Waals surface area contributed by atoms with Crippen LogP contribution in [0.15, 0.2) is 65.6 Å². The third-order valence-electron chi connectivity index (χ3n) is 4.70. The molecule has 0 aliphatic carbocycles. The number of aliphatic carboxylic acids is 1. The van der Waals surface area contributed by atoms with E-state index in [4.69, 9.17) is 14.6 Å². The van der Waals surface area contributed by atoms with Crippen molar-refractivity contribution in [2.45, 2.75) is 18.2 Å². The highest BCUT2D eigenvalue weighted by atomic mass is 32.2. The molecule has 0 aliphatic heterocycles. The molecule has 3 aromatic carbocycles. The molecule has 3 rings (SSSR count). The quantitative estimate of drug-likeness (QED) is 0.546. The van der Waals surface area contributed by atoms with Crippen LogP contribution in [0.2, 0.25) is 0 Å². The maximum Gasteiger partial charge on any atom is 0.307 e. The molecular weight excluding hydrogens is 418 g/mol. The standard InChI is InChI=1S/C23H23NO6S/c1-15-11-16(13-22(25)26)12-21(23(15)30-3)31(27,28)24-19-14-18(9-10-20(19)29-2)17-7-5-4-6-8-17/h4-12,14,24H,13H2,1-3H3,(H,25,26). The minimum absolute atomic E-state index is 0.140. The summed E-state index contributed by atoms with van der Waals surface area (Å²) in [6.45, 7) is 1.67. The van der Waals surface area contributed by atoms with Crippen LogP contribution < -0.4 is 14.2 Å². The van der Waals surface area contributed by atoms with Crippen molar-refractivity contribution in [3.05, 3.63) is 71.8 Å². The van der Waals surface area contributed by atoms with E-state index in [1.807, 2.05) is 36.4 Å². The van der Waals surface area contributed by atoms with E-state index in [9.17, 15) is 13.2 Å². The lowest BCUT2D eigenvalue weighted by atomic mass is 10.1. The Morgan fingerprint density at radius 3 is 2.29 bits per heavy atom. The van der Waals surface area contributed by atoms with E-state index in [-0.39, 0.29) is 22.8 Å². The molecule has 31 heavy (non-hydrogen) atoms. The first kappa shape index (κ1) is 22.2. The van der Waals surface area contributed by atoms with Gasteiger partial charge in [0.25, 0.3) is 10.0 Å². The summed E-state index contributed by atoms with van der Waals surface area (Å²) in [6.07, 6.45) is -0.305. The van der Waals surface area contributed by atoms with Crippen LogP contribution in [0, 0.1) is 6.92 Å². The van der Waals surface area contributed by atoms with E-state index < -0.39 is 16.0 Å². The van der Waals surface area contributed by atoms with E-state index in [0.29, 0.717) is 16.9 Å². The lowest BCUT2D eigenvalue weighted by molar-refractivity contribution is -0.136. The second kappa shape index (κ2) is 9.09. The number of carboxylic acid groups (broad SMARTS) is 1. The van der Waals surface area contributed by atoms with Gasteiger partial charge in [0.2, 0.25) is 0 Å². The van der Waals surface area contributed by atoms with Gasteiger partial charge in [-0.05, 0) is 47.4 Å². The Bertz CT molecular complexity index is 1210. The number of hydrogen-bond donors (Lipinski definition) is 2. The van der Waals surface area contributed by atoms with Gasteiger partial charge in [-0.25, -0.2) is 8.42 Å². The van der Waals surface area contributed by atoms with Crippen molar-refractivity contribution < 1.29 is 27.8 Å². The summed E-state index contributed by atoms with van der Waals surface area (Å²) >= 11 is 0. The molecule has 0 aliphatic rings. The molecule has 3 aromatic rings. The number of sulfonamides is 1. The van der Waals surface area contributed by atoms with E-state index in [2.05, 4.69) is 4.72 Å². The molecule has 0 fully saturated rings. The smallest absolute Gasteiger partial charge is 0.307 e. The minimum atomic E-state index is -4.12. The van der Waals surface area contributed by atoms with Crippen molar-refractivity contribution in [3.8, 4) is 22.6 Å². The fourth-order valence-electron chi connectivity index (χ4n) is 3.35. The van der Waals surface area contributed by atoms with Crippen molar-refractivity contribution in [1.82, 2.24) is 0 Å². The molecule has 0 spiro atoms. The SMILES string of the molecule is COc1ccc(-c2ccccc2)cc1NS(=O)(=O)c1cc(CC(=O)O)cc(C)c1OC. The first-order valence-electron chi connectivity index (χ1n) is 9.40. The largest absolute Gasteiger partial charge is 0.495 e. The molecule has 2 N–H and O–H groups in total. The Labute approximate surface area is 181 Å². The van der Waals surface area contributed by atoms with Gasteiger partial charge in [0.1, 0.15) is 16.4 Å². The third-order valence-corrected chi connectivity index (χ3v) is 6.07. The number of nitrogens with one attached hydrogen (secondary N) is 1. The van der Waals surface area contributed by atoms with Crippen molar-refractivity contribution in [2.24, 2.45) is 0 Å². The normalized spacial score (nSPS) is 11.1. The minimum Gasteiger partial charge on any atom is -0.495 e. The first-order valence-corrected chi connectivity index (χ1v) is 10.9. The zero-order valence-corrected chi connectivity index (χ0v) is 18.2. The summed E-state index contributed by atoms with van der Waals surface area (Å²) in [6, 6.07) is 17.6. The highest BCUT2D eigenvalue weighted by Crippen LogP contribution is 2.35. The van der Waals surface area contributed by atoms with E-state index in [0.717, 1.165) is 11.1 Å². The highest BCUT2D eigenvalue weighted by Gasteiger charge is 2.24. The van der Waals surface area contributed by atoms with Crippen molar-refractivity contribution >= 4 is 21.7 Å². The maximum atomic E-state index is 13.3. The van der Waals surface area contributed by atoms with Crippen LogP contribution in [0.1, 0.15) is 11.1 Å². The summed E-state index contributed by atoms with van der Waals surface area (Å²) in [5, 5.41) is 9.11. The van der Waals surface area contributed by atoms with Crippen LogP contribution in [0.4, 0.5) is 5.69 Å². The molecule has 0 radical (unpaired) electrons. The number of rotatable bonds is 8. The number of hydrogen-bond acceptors (Lipinski definition) is 5. The maximum absolute atomic E-state index is 13.3. The summed E-state index contributed by atoms with van der Waals surface area (Å²) in [5.74, 6) is -0.557. The second-order valence-electron chi connectivity index (χ2n) is 6.90. The van der Waals surface area contributed by atoms with Gasteiger partial charge < -0.3 is 14.6 Å². The van der Waals surface area contributed by atoms with Crippen LogP contribution in [0.3, 0.4) is 0 Å². The average Bonchev–Trinajstić information content (AvgIpc) is 2.73. The molecule has 0 saturated carbocycles. The predicted octanol–water partition coefficient (Wildman–Crippen LogP) is 4.11. The molecule has 0 bridgehead atoms. The van der Waals surface area contributed by atoms with Gasteiger partial charge in [0, 0.05) is 0 Å². The van der Waals surface area contributed by atoms with Crippen LogP contribution in [0.25, 0.3) is 11.1 Å². The molecule has 0 amide bonds. The number of carbonyl (C=O) groups is 1. The fraction of sp³-hybridized carbons (Fsp3) is 0.174. The summed E-state index contributed by atoms with van der Waals surface area (Å²) in [7, 11) is -1.29. The van der Waals surface area contributed by atoms with Crippen LogP contribution in [-0.4, -0.2) is 33.7 Å². The molecular formula is C23H23NO6S. The molecule has 0 saturated heterocycles. The predicted molar refractivity (Wildman–Crippen MR) is 118 cm³/mol. The Kier molecular flexibility index (Phi) is 6.50. The molecule has 0 heterocycles. The number of anilines is 1. The first-order chi connectivity index (χ1) is 14.7. The topological polar surface area (TPSA) is 102 Å². The van der Waals surface area contributed by atoms with Crippen LogP contribution in [0.5, 0.6) is 11.5 Å². The van der Waals surface area contributed by atoms with Gasteiger partial charge in [0.15, 0.2) is 0 Å². The van der Waals surface area contributed by atoms with Gasteiger partial charge in [-0.15, -0.1) is 0 Å². The van der Waals surface area contributed by atoms with Gasteiger partial charge >= 0.3 is 5.97 Å². The lowest BCUT2D eigenvalue weighted by Crippen LogP contribution is -2.16. The number of methoxy groups -OCH3 is 2. The number of aryl methyl sites for hydroxylation is 1. The summed E-state index contributed by atoms with van der Waals surface area (Å²) < 4.78 is 39.8. The Hall–Kier alpha value is -3.52. The molecule has 7 nitrogen and oxygen atoms in total. The third kappa shape index (κ3) is 4.97. The summed E-state index contributed by atoms with van der Waals surface area (Å²) in [5.41, 5.74) is 2.86. The number of benzene rings is 3. The number of carboxylic acids is 1. The van der Waals surface area contributed by atoms with Crippen molar-refractivity contribution in [3.63, 3.8) is 0 Å². The summed E-state index contributed by atoms with van der Waals surface area (Å²) in [4.78, 5) is 11.0. The van der Waals surface area contributed by atoms with E-state index >= 15 is 0 Å². The van der Waals surface area contributed by atoms with Crippen LogP contribution >= 0.6 is 0 Å². The van der Waals surface area contributed by atoms with E-state index in [1.165, 1.54) is 20.3 Å². The second-order valence-corrected chi connectivity index (χ2v) is 8.55. The monoisotopic (exact) mass is 441 g/mol. The van der Waals surface area contributed by atoms with Crippen LogP contribution in [-0.2, 0) is 21.2 Å². The van der Waals surface area contributed by atoms with Crippen molar-refractivity contribution in [2.75, 3.05) is 18.9 Å². The molecule has 0 atom stereocenters. The molecule has 162 valence electrons. The fourth-order valence-corrected chi connectivity index (χ4v) is 4.70. The Morgan fingerprint density at radius 2 is 1.68 bits per heavy atom. The zero-order valence-electron chi connectivity index (χ0n) is 17.4. The van der Waals surface area contributed by atoms with Gasteiger partial charge in [0.05, 0.1) is 26.3 Å². The Morgan fingerprint density at radius 1 is 0.968 bits per heavy atom. The zero-order chi connectivity index (χ0) is 22.6. The average molecular weight is 442 g/mol. The van der Waals surface area contributed by atoms with Crippen molar-refractivity contribution in [1.29, 1.82) is 0 Å². The Balaban J connectivity index is 2.08. The molecule has 0 unspecified atom stereocenters. The number of ether oxygens (including phenoxy) is 2. The highest BCUT2D eigenvalue weighted by molar-refractivity contribution is 7.92. The molecule has 8 heteroatoms. The van der Waals surface area contributed by atoms with Gasteiger partial charge in [-0.1, -0.05) is 42.5 Å². The van der Waals surface area contributed by atoms with E-state index in [1.54, 1.807) is 25.1 Å². The lowest BCUT2D eigenvalue weighted by Gasteiger charge is -2.17. The molecule has 0 aromatic heterocycles. The van der Waals surface area contributed by atoms with Gasteiger partial charge in [-0.3, -0.25) is 9.52 Å².